The molecule has 0 unspecified atom stereocenters. The molecule has 5 aromatic rings. The molecule has 0 bridgehead atoms. The molecule has 0 atom stereocenters. The van der Waals surface area contributed by atoms with Gasteiger partial charge in [0, 0.05) is 51.7 Å². The third-order valence-electron chi connectivity index (χ3n) is 5.37. The average Bonchev–Trinajstić information content (AvgIpc) is 3.41. The molecule has 0 spiro atoms. The number of para-hydroxylation sites is 1. The molecule has 2 aromatic heterocycles. The highest BCUT2D eigenvalue weighted by Crippen LogP contribution is 2.24. The van der Waals surface area contributed by atoms with Gasteiger partial charge >= 0.3 is 5.91 Å². The van der Waals surface area contributed by atoms with Gasteiger partial charge in [0.2, 0.25) is 0 Å². The van der Waals surface area contributed by atoms with Crippen molar-refractivity contribution in [3.05, 3.63) is 111 Å². The van der Waals surface area contributed by atoms with Crippen LogP contribution in [0.5, 0.6) is 0 Å². The van der Waals surface area contributed by atoms with Crippen LogP contribution in [-0.4, -0.2) is 21.6 Å². The Morgan fingerprint density at radius 2 is 1.97 bits per heavy atom. The molecule has 9 heteroatoms. The zero-order chi connectivity index (χ0) is 23.7. The zero-order valence-corrected chi connectivity index (χ0v) is 18.4. The van der Waals surface area contributed by atoms with Crippen LogP contribution in [0.25, 0.3) is 21.9 Å². The minimum atomic E-state index is -0.482. The van der Waals surface area contributed by atoms with Crippen molar-refractivity contribution in [2.24, 2.45) is 5.10 Å². The number of nitrogens with one attached hydrogen (secondary N) is 1. The van der Waals surface area contributed by atoms with Gasteiger partial charge in [-0.1, -0.05) is 41.9 Å². The summed E-state index contributed by atoms with van der Waals surface area (Å²) in [4.78, 5) is 23.2. The van der Waals surface area contributed by atoms with Gasteiger partial charge in [-0.05, 0) is 35.9 Å². The number of hydrogen-bond donors (Lipinski definition) is 1. The fraction of sp³-hybridized carbons (Fsp3) is 0.0400. The maximum atomic E-state index is 12.5. The summed E-state index contributed by atoms with van der Waals surface area (Å²) in [5.41, 5.74) is 5.62. The van der Waals surface area contributed by atoms with Crippen molar-refractivity contribution in [2.45, 2.75) is 6.54 Å². The first kappa shape index (κ1) is 21.4. The Morgan fingerprint density at radius 3 is 2.82 bits per heavy atom. The topological polar surface area (TPSA) is 103 Å². The van der Waals surface area contributed by atoms with E-state index in [1.165, 1.54) is 6.07 Å². The largest absolute Gasteiger partial charge is 0.451 e. The molecule has 0 aliphatic heterocycles. The first-order chi connectivity index (χ1) is 16.5. The van der Waals surface area contributed by atoms with E-state index in [-0.39, 0.29) is 11.4 Å². The summed E-state index contributed by atoms with van der Waals surface area (Å²) in [6.07, 6.45) is 3.45. The van der Waals surface area contributed by atoms with Crippen molar-refractivity contribution in [2.75, 3.05) is 0 Å². The Bertz CT molecular complexity index is 1580. The van der Waals surface area contributed by atoms with Crippen LogP contribution in [-0.2, 0) is 6.54 Å². The number of rotatable bonds is 6. The second-order valence-corrected chi connectivity index (χ2v) is 8.08. The molecule has 168 valence electrons. The van der Waals surface area contributed by atoms with E-state index in [0.29, 0.717) is 17.2 Å². The van der Waals surface area contributed by atoms with Crippen LogP contribution in [0.4, 0.5) is 5.69 Å². The molecule has 5 rings (SSSR count). The van der Waals surface area contributed by atoms with Crippen LogP contribution in [0.1, 0.15) is 21.7 Å². The number of amides is 1. The van der Waals surface area contributed by atoms with E-state index in [0.717, 1.165) is 27.4 Å². The SMILES string of the molecule is O=C(N/N=C/c1cn(Cc2cccc([N+](=O)[O-])c2)c2ccccc12)c1cc2cc(Cl)ccc2o1. The summed E-state index contributed by atoms with van der Waals surface area (Å²) in [6.45, 7) is 0.448. The highest BCUT2D eigenvalue weighted by atomic mass is 35.5. The van der Waals surface area contributed by atoms with Gasteiger partial charge in [0.05, 0.1) is 11.1 Å². The lowest BCUT2D eigenvalue weighted by Crippen LogP contribution is -2.16. The number of non-ortho nitro benzene ring substituents is 1. The normalized spacial score (nSPS) is 11.4. The van der Waals surface area contributed by atoms with Crippen molar-refractivity contribution in [3.63, 3.8) is 0 Å². The molecular formula is C25H17ClN4O4. The quantitative estimate of drug-likeness (QED) is 0.193. The predicted octanol–water partition coefficient (Wildman–Crippen LogP) is 5.76. The van der Waals surface area contributed by atoms with Crippen LogP contribution < -0.4 is 5.43 Å². The standard InChI is InChI=1S/C25H17ClN4O4/c26-19-8-9-23-17(11-19)12-24(34-23)25(31)28-27-13-18-15-29(22-7-2-1-6-21(18)22)14-16-4-3-5-20(10-16)30(32)33/h1-13,15H,14H2,(H,28,31)/b27-13+. The first-order valence-corrected chi connectivity index (χ1v) is 10.7. The van der Waals surface area contributed by atoms with Crippen LogP contribution >= 0.6 is 11.6 Å². The van der Waals surface area contributed by atoms with Gasteiger partial charge < -0.3 is 8.98 Å². The molecule has 0 saturated heterocycles. The molecular weight excluding hydrogens is 456 g/mol. The number of benzene rings is 3. The molecule has 0 saturated carbocycles. The summed E-state index contributed by atoms with van der Waals surface area (Å²) in [5, 5.41) is 17.4. The molecule has 0 radical (unpaired) electrons. The lowest BCUT2D eigenvalue weighted by molar-refractivity contribution is -0.384. The number of carbonyl (C=O) groups excluding carboxylic acids is 1. The van der Waals surface area contributed by atoms with Gasteiger partial charge in [-0.3, -0.25) is 14.9 Å². The second kappa shape index (κ2) is 8.84. The highest BCUT2D eigenvalue weighted by molar-refractivity contribution is 6.31. The average molecular weight is 473 g/mol. The summed E-state index contributed by atoms with van der Waals surface area (Å²) in [6, 6.07) is 21.0. The van der Waals surface area contributed by atoms with Gasteiger partial charge in [-0.25, -0.2) is 5.43 Å². The Kier molecular flexibility index (Phi) is 5.57. The third kappa shape index (κ3) is 4.26. The first-order valence-electron chi connectivity index (χ1n) is 10.3. The number of nitrogens with zero attached hydrogens (tertiary/aromatic N) is 3. The maximum absolute atomic E-state index is 12.5. The minimum Gasteiger partial charge on any atom is -0.451 e. The maximum Gasteiger partial charge on any atom is 0.307 e. The van der Waals surface area contributed by atoms with E-state index in [9.17, 15) is 14.9 Å². The van der Waals surface area contributed by atoms with E-state index in [1.807, 2.05) is 41.1 Å². The van der Waals surface area contributed by atoms with Gasteiger partial charge in [0.15, 0.2) is 5.76 Å². The Morgan fingerprint density at radius 1 is 1.12 bits per heavy atom. The number of halogens is 1. The fourth-order valence-corrected chi connectivity index (χ4v) is 4.00. The number of furan rings is 1. The fourth-order valence-electron chi connectivity index (χ4n) is 3.82. The Balaban J connectivity index is 1.37. The third-order valence-corrected chi connectivity index (χ3v) is 5.60. The number of nitro groups is 1. The molecule has 8 nitrogen and oxygen atoms in total. The smallest absolute Gasteiger partial charge is 0.307 e. The Labute approximate surface area is 198 Å². The summed E-state index contributed by atoms with van der Waals surface area (Å²) in [5.74, 6) is -0.355. The molecule has 1 N–H and O–H groups in total. The van der Waals surface area contributed by atoms with Crippen LogP contribution in [0.2, 0.25) is 5.02 Å². The van der Waals surface area contributed by atoms with Gasteiger partial charge in [-0.15, -0.1) is 0 Å². The van der Waals surface area contributed by atoms with E-state index < -0.39 is 10.8 Å². The molecule has 34 heavy (non-hydrogen) atoms. The molecule has 1 amide bonds. The molecule has 0 fully saturated rings. The van der Waals surface area contributed by atoms with Gasteiger partial charge in [-0.2, -0.15) is 5.10 Å². The molecule has 2 heterocycles. The van der Waals surface area contributed by atoms with Crippen LogP contribution in [0.15, 0.2) is 88.5 Å². The monoisotopic (exact) mass is 472 g/mol. The van der Waals surface area contributed by atoms with Crippen molar-refractivity contribution in [1.29, 1.82) is 0 Å². The number of fused-ring (bicyclic) bond motifs is 2. The Hall–Kier alpha value is -4.43. The van der Waals surface area contributed by atoms with Crippen molar-refractivity contribution < 1.29 is 14.1 Å². The van der Waals surface area contributed by atoms with Gasteiger partial charge in [0.1, 0.15) is 5.58 Å². The molecule has 0 aliphatic carbocycles. The molecule has 3 aromatic carbocycles. The number of carbonyl (C=O) groups is 1. The predicted molar refractivity (Wildman–Crippen MR) is 130 cm³/mol. The summed E-state index contributed by atoms with van der Waals surface area (Å²) < 4.78 is 7.54. The van der Waals surface area contributed by atoms with Crippen molar-refractivity contribution in [3.8, 4) is 0 Å². The lowest BCUT2D eigenvalue weighted by atomic mass is 10.2. The molecule has 0 aliphatic rings. The van der Waals surface area contributed by atoms with Gasteiger partial charge in [0.25, 0.3) is 5.69 Å². The zero-order valence-electron chi connectivity index (χ0n) is 17.6. The van der Waals surface area contributed by atoms with E-state index in [2.05, 4.69) is 10.5 Å². The van der Waals surface area contributed by atoms with E-state index >= 15 is 0 Å². The van der Waals surface area contributed by atoms with E-state index in [4.69, 9.17) is 16.0 Å². The number of nitro benzene ring substituents is 1. The van der Waals surface area contributed by atoms with Crippen molar-refractivity contribution in [1.82, 2.24) is 9.99 Å². The number of hydrazone groups is 1. The summed E-state index contributed by atoms with van der Waals surface area (Å²) >= 11 is 5.98. The van der Waals surface area contributed by atoms with Crippen LogP contribution in [0.3, 0.4) is 0 Å². The van der Waals surface area contributed by atoms with Crippen LogP contribution in [0, 0.1) is 10.1 Å². The second-order valence-electron chi connectivity index (χ2n) is 7.65. The number of aromatic nitrogens is 1. The highest BCUT2D eigenvalue weighted by Gasteiger charge is 2.13. The minimum absolute atomic E-state index is 0.0475. The summed E-state index contributed by atoms with van der Waals surface area (Å²) in [7, 11) is 0. The van der Waals surface area contributed by atoms with Crippen molar-refractivity contribution >= 4 is 51.3 Å². The lowest BCUT2D eigenvalue weighted by Gasteiger charge is -2.05. The number of hydrogen-bond acceptors (Lipinski definition) is 5. The van der Waals surface area contributed by atoms with E-state index in [1.54, 1.807) is 42.6 Å².